The van der Waals surface area contributed by atoms with E-state index in [1.807, 2.05) is 26.1 Å². The van der Waals surface area contributed by atoms with Crippen LogP contribution in [0.3, 0.4) is 0 Å². The fourth-order valence-electron chi connectivity index (χ4n) is 4.13. The highest BCUT2D eigenvalue weighted by Gasteiger charge is 2.31. The number of hydrogen-bond acceptors (Lipinski definition) is 6. The number of hydrogen-bond donors (Lipinski definition) is 1. The van der Waals surface area contributed by atoms with Gasteiger partial charge in [0.15, 0.2) is 0 Å². The van der Waals surface area contributed by atoms with Crippen LogP contribution < -0.4 is 5.32 Å². The zero-order valence-corrected chi connectivity index (χ0v) is 18.9. The minimum atomic E-state index is -0.341. The summed E-state index contributed by atoms with van der Waals surface area (Å²) in [5, 5.41) is 3.50. The van der Waals surface area contributed by atoms with E-state index in [0.717, 1.165) is 25.1 Å². The van der Waals surface area contributed by atoms with Crippen molar-refractivity contribution in [2.24, 2.45) is 0 Å². The molecule has 0 amide bonds. The number of carbonyl (C=O) groups excluding carboxylic acids is 1. The monoisotopic (exact) mass is 430 g/mol. The zero-order chi connectivity index (χ0) is 22.5. The Bertz CT molecular complexity index is 1040. The van der Waals surface area contributed by atoms with E-state index >= 15 is 0 Å². The average Bonchev–Trinajstić information content (AvgIpc) is 3.14. The summed E-state index contributed by atoms with van der Waals surface area (Å²) in [5.74, 6) is 0.254. The third-order valence-electron chi connectivity index (χ3n) is 5.91. The van der Waals surface area contributed by atoms with Gasteiger partial charge in [0, 0.05) is 43.8 Å². The molecule has 4 rings (SSSR count). The molecule has 1 aromatic carbocycles. The minimum absolute atomic E-state index is 0.166. The summed E-state index contributed by atoms with van der Waals surface area (Å²) in [6.07, 6.45) is 6.20. The Balaban J connectivity index is 1.40. The number of nitrogens with zero attached hydrogens (tertiary/aromatic N) is 3. The number of anilines is 1. The van der Waals surface area contributed by atoms with E-state index < -0.39 is 0 Å². The molecule has 0 radical (unpaired) electrons. The van der Waals surface area contributed by atoms with Crippen LogP contribution in [0.1, 0.15) is 43.1 Å². The van der Waals surface area contributed by atoms with Gasteiger partial charge in [-0.05, 0) is 62.1 Å². The van der Waals surface area contributed by atoms with Crippen LogP contribution in [-0.2, 0) is 11.3 Å². The van der Waals surface area contributed by atoms with Crippen molar-refractivity contribution in [1.82, 2.24) is 14.9 Å². The Hall–Kier alpha value is -3.25. The van der Waals surface area contributed by atoms with E-state index in [1.54, 1.807) is 24.5 Å². The summed E-state index contributed by atoms with van der Waals surface area (Å²) >= 11 is 0. The van der Waals surface area contributed by atoms with Crippen LogP contribution in [0.2, 0.25) is 0 Å². The molecular formula is C26H30N4O2. The van der Waals surface area contributed by atoms with E-state index in [2.05, 4.69) is 57.4 Å². The van der Waals surface area contributed by atoms with Gasteiger partial charge in [0.05, 0.1) is 6.10 Å². The van der Waals surface area contributed by atoms with Crippen LogP contribution in [0.25, 0.3) is 11.1 Å². The number of esters is 1. The molecule has 1 unspecified atom stereocenters. The van der Waals surface area contributed by atoms with Crippen LogP contribution in [0.5, 0.6) is 0 Å². The molecule has 1 N–H and O–H groups in total. The molecule has 32 heavy (non-hydrogen) atoms. The lowest BCUT2D eigenvalue weighted by Crippen LogP contribution is -2.36. The van der Waals surface area contributed by atoms with Crippen LogP contribution in [0.15, 0.2) is 67.1 Å². The van der Waals surface area contributed by atoms with Crippen molar-refractivity contribution in [2.45, 2.75) is 51.9 Å². The van der Waals surface area contributed by atoms with Gasteiger partial charge in [0.25, 0.3) is 0 Å². The van der Waals surface area contributed by atoms with Gasteiger partial charge < -0.3 is 10.1 Å². The Morgan fingerprint density at radius 2 is 1.91 bits per heavy atom. The van der Waals surface area contributed by atoms with E-state index in [9.17, 15) is 4.79 Å². The Labute approximate surface area is 189 Å². The van der Waals surface area contributed by atoms with Gasteiger partial charge in [0.1, 0.15) is 11.4 Å². The smallest absolute Gasteiger partial charge is 0.342 e. The molecule has 1 fully saturated rings. The average molecular weight is 431 g/mol. The maximum absolute atomic E-state index is 12.5. The van der Waals surface area contributed by atoms with Gasteiger partial charge in [-0.3, -0.25) is 9.88 Å². The standard InChI is InChI=1S/C26H30N4O2/c1-18(2)32-26(31)23-7-5-14-28-25(23)29-24-12-15-30(19(24)3)17-20-8-10-21(11-9-20)22-6-4-13-27-16-22/h4-11,13-14,16,18-19,24H,12,15,17H2,1-3H3,(H,28,29)/t19?,24-/m1/s1. The molecule has 0 spiro atoms. The first-order valence-electron chi connectivity index (χ1n) is 11.2. The highest BCUT2D eigenvalue weighted by molar-refractivity contribution is 5.94. The highest BCUT2D eigenvalue weighted by atomic mass is 16.5. The molecule has 2 atom stereocenters. The largest absolute Gasteiger partial charge is 0.459 e. The molecule has 3 heterocycles. The third kappa shape index (κ3) is 5.14. The second-order valence-electron chi connectivity index (χ2n) is 8.54. The SMILES string of the molecule is CC(C)OC(=O)c1cccnc1N[C@@H]1CCN(Cc2ccc(-c3cccnc3)cc2)C1C. The number of rotatable bonds is 7. The molecule has 1 aliphatic heterocycles. The number of pyridine rings is 2. The number of aromatic nitrogens is 2. The normalized spacial score (nSPS) is 18.6. The maximum atomic E-state index is 12.5. The predicted octanol–water partition coefficient (Wildman–Crippen LogP) is 4.78. The minimum Gasteiger partial charge on any atom is -0.459 e. The van der Waals surface area contributed by atoms with Crippen molar-refractivity contribution in [3.05, 3.63) is 78.2 Å². The summed E-state index contributed by atoms with van der Waals surface area (Å²) in [4.78, 5) is 23.5. The topological polar surface area (TPSA) is 67.3 Å². The van der Waals surface area contributed by atoms with Crippen LogP contribution in [0.4, 0.5) is 5.82 Å². The van der Waals surface area contributed by atoms with E-state index in [-0.39, 0.29) is 18.1 Å². The fraction of sp³-hybridized carbons (Fsp3) is 0.346. The molecular weight excluding hydrogens is 400 g/mol. The molecule has 3 aromatic rings. The number of ether oxygens (including phenoxy) is 1. The number of carbonyl (C=O) groups is 1. The van der Waals surface area contributed by atoms with Crippen molar-refractivity contribution in [3.8, 4) is 11.1 Å². The number of nitrogens with one attached hydrogen (secondary N) is 1. The third-order valence-corrected chi connectivity index (χ3v) is 5.91. The van der Waals surface area contributed by atoms with Gasteiger partial charge in [-0.15, -0.1) is 0 Å². The van der Waals surface area contributed by atoms with Crippen LogP contribution >= 0.6 is 0 Å². The van der Waals surface area contributed by atoms with E-state index in [4.69, 9.17) is 4.74 Å². The van der Waals surface area contributed by atoms with Crippen molar-refractivity contribution in [2.75, 3.05) is 11.9 Å². The van der Waals surface area contributed by atoms with Crippen LogP contribution in [0, 0.1) is 0 Å². The number of likely N-dealkylation sites (tertiary alicyclic amines) is 1. The lowest BCUT2D eigenvalue weighted by Gasteiger charge is -2.26. The predicted molar refractivity (Wildman–Crippen MR) is 126 cm³/mol. The summed E-state index contributed by atoms with van der Waals surface area (Å²) in [6.45, 7) is 7.80. The van der Waals surface area contributed by atoms with Crippen molar-refractivity contribution < 1.29 is 9.53 Å². The highest BCUT2D eigenvalue weighted by Crippen LogP contribution is 2.26. The van der Waals surface area contributed by atoms with Gasteiger partial charge in [0.2, 0.25) is 0 Å². The van der Waals surface area contributed by atoms with Crippen LogP contribution in [-0.4, -0.2) is 45.6 Å². The van der Waals surface area contributed by atoms with Crippen molar-refractivity contribution in [3.63, 3.8) is 0 Å². The number of benzene rings is 1. The molecule has 2 aromatic heterocycles. The first-order chi connectivity index (χ1) is 15.5. The van der Waals surface area contributed by atoms with Crippen molar-refractivity contribution in [1.29, 1.82) is 0 Å². The quantitative estimate of drug-likeness (QED) is 0.544. The maximum Gasteiger partial charge on any atom is 0.342 e. The summed E-state index contributed by atoms with van der Waals surface area (Å²) in [6, 6.07) is 16.8. The summed E-state index contributed by atoms with van der Waals surface area (Å²) in [7, 11) is 0. The Morgan fingerprint density at radius 1 is 1.12 bits per heavy atom. The lowest BCUT2D eigenvalue weighted by atomic mass is 10.1. The first-order valence-corrected chi connectivity index (χ1v) is 11.2. The molecule has 6 heteroatoms. The molecule has 0 bridgehead atoms. The second-order valence-corrected chi connectivity index (χ2v) is 8.54. The summed E-state index contributed by atoms with van der Waals surface area (Å²) < 4.78 is 5.38. The molecule has 0 saturated carbocycles. The van der Waals surface area contributed by atoms with Gasteiger partial charge >= 0.3 is 5.97 Å². The molecule has 0 aliphatic carbocycles. The summed E-state index contributed by atoms with van der Waals surface area (Å²) in [5.41, 5.74) is 4.06. The first kappa shape index (κ1) is 22.0. The second kappa shape index (κ2) is 9.92. The van der Waals surface area contributed by atoms with E-state index in [0.29, 0.717) is 17.4 Å². The molecule has 166 valence electrons. The van der Waals surface area contributed by atoms with Gasteiger partial charge in [-0.1, -0.05) is 30.3 Å². The lowest BCUT2D eigenvalue weighted by molar-refractivity contribution is 0.0378. The Morgan fingerprint density at radius 3 is 2.62 bits per heavy atom. The molecule has 1 aliphatic rings. The molecule has 6 nitrogen and oxygen atoms in total. The fourth-order valence-corrected chi connectivity index (χ4v) is 4.13. The zero-order valence-electron chi connectivity index (χ0n) is 18.9. The van der Waals surface area contributed by atoms with Gasteiger partial charge in [-0.25, -0.2) is 9.78 Å². The Kier molecular flexibility index (Phi) is 6.81. The molecule has 1 saturated heterocycles. The van der Waals surface area contributed by atoms with E-state index in [1.165, 1.54) is 11.1 Å². The van der Waals surface area contributed by atoms with Gasteiger partial charge in [-0.2, -0.15) is 0 Å². The van der Waals surface area contributed by atoms with Crippen molar-refractivity contribution >= 4 is 11.8 Å².